The van der Waals surface area contributed by atoms with Crippen molar-refractivity contribution < 1.29 is 4.39 Å². The third-order valence-corrected chi connectivity index (χ3v) is 2.46. The smallest absolute Gasteiger partial charge is 0.131 e. The molecule has 0 aromatic heterocycles. The van der Waals surface area contributed by atoms with Crippen LogP contribution in [0.5, 0.6) is 0 Å². The van der Waals surface area contributed by atoms with Gasteiger partial charge in [0.2, 0.25) is 0 Å². The van der Waals surface area contributed by atoms with Crippen LogP contribution < -0.4 is 0 Å². The second kappa shape index (κ2) is 5.50. The van der Waals surface area contributed by atoms with E-state index in [0.717, 1.165) is 30.4 Å². The van der Waals surface area contributed by atoms with Gasteiger partial charge in [0.15, 0.2) is 0 Å². The van der Waals surface area contributed by atoms with Crippen LogP contribution in [0.1, 0.15) is 31.7 Å². The summed E-state index contributed by atoms with van der Waals surface area (Å²) in [6.07, 6.45) is 3.08. The molecule has 0 nitrogen and oxygen atoms in total. The Hall–Kier alpha value is -1.37. The molecule has 0 unspecified atom stereocenters. The van der Waals surface area contributed by atoms with Gasteiger partial charge in [-0.05, 0) is 30.1 Å². The zero-order chi connectivity index (χ0) is 11.3. The molecular weight excluding hydrogens is 187 g/mol. The Morgan fingerprint density at radius 3 is 2.53 bits per heavy atom. The highest BCUT2D eigenvalue weighted by atomic mass is 19.1. The summed E-state index contributed by atoms with van der Waals surface area (Å²) in [4.78, 5) is 0. The third-order valence-electron chi connectivity index (χ3n) is 2.46. The monoisotopic (exact) mass is 204 g/mol. The van der Waals surface area contributed by atoms with Crippen LogP contribution in [0.4, 0.5) is 4.39 Å². The zero-order valence-electron chi connectivity index (χ0n) is 9.22. The summed E-state index contributed by atoms with van der Waals surface area (Å²) in [5, 5.41) is 0. The topological polar surface area (TPSA) is 0 Å². The highest BCUT2D eigenvalue weighted by Crippen LogP contribution is 2.25. The number of rotatable bonds is 5. The van der Waals surface area contributed by atoms with Crippen molar-refractivity contribution in [2.75, 3.05) is 0 Å². The fraction of sp³-hybridized carbons (Fsp3) is 0.286. The molecule has 80 valence electrons. The number of hydrogen-bond donors (Lipinski definition) is 0. The Morgan fingerprint density at radius 1 is 1.27 bits per heavy atom. The maximum absolute atomic E-state index is 13.4. The van der Waals surface area contributed by atoms with E-state index in [-0.39, 0.29) is 5.82 Å². The van der Waals surface area contributed by atoms with Crippen molar-refractivity contribution in [3.63, 3.8) is 0 Å². The lowest BCUT2D eigenvalue weighted by Crippen LogP contribution is -1.91. The fourth-order valence-corrected chi connectivity index (χ4v) is 1.44. The van der Waals surface area contributed by atoms with Crippen LogP contribution in [0.15, 0.2) is 43.0 Å². The molecule has 1 heteroatoms. The highest BCUT2D eigenvalue weighted by Gasteiger charge is 2.07. The normalized spacial score (nSPS) is 10.0. The van der Waals surface area contributed by atoms with Crippen molar-refractivity contribution in [1.29, 1.82) is 0 Å². The van der Waals surface area contributed by atoms with Crippen LogP contribution in [0.2, 0.25) is 0 Å². The van der Waals surface area contributed by atoms with Gasteiger partial charge in [-0.2, -0.15) is 0 Å². The first kappa shape index (κ1) is 11.7. The van der Waals surface area contributed by atoms with E-state index < -0.39 is 0 Å². The Balaban J connectivity index is 2.77. The maximum atomic E-state index is 13.4. The van der Waals surface area contributed by atoms with Crippen molar-refractivity contribution in [3.8, 4) is 0 Å². The first-order chi connectivity index (χ1) is 7.16. The number of allylic oxidation sites excluding steroid dienone is 2. The quantitative estimate of drug-likeness (QED) is 0.615. The summed E-state index contributed by atoms with van der Waals surface area (Å²) in [6.45, 7) is 9.97. The molecule has 0 bridgehead atoms. The highest BCUT2D eigenvalue weighted by molar-refractivity contribution is 5.76. The fourth-order valence-electron chi connectivity index (χ4n) is 1.44. The Labute approximate surface area is 91.1 Å². The van der Waals surface area contributed by atoms with Crippen molar-refractivity contribution in [3.05, 3.63) is 54.4 Å². The van der Waals surface area contributed by atoms with Gasteiger partial charge in [0.05, 0.1) is 0 Å². The second-order valence-corrected chi connectivity index (χ2v) is 3.67. The van der Waals surface area contributed by atoms with E-state index in [4.69, 9.17) is 0 Å². The predicted octanol–water partition coefficient (Wildman–Crippen LogP) is 4.59. The van der Waals surface area contributed by atoms with Gasteiger partial charge in [0, 0.05) is 5.56 Å². The molecule has 0 aliphatic rings. The van der Waals surface area contributed by atoms with Crippen molar-refractivity contribution in [2.45, 2.75) is 26.2 Å². The second-order valence-electron chi connectivity index (χ2n) is 3.67. The molecular formula is C14H17F. The van der Waals surface area contributed by atoms with Gasteiger partial charge in [0.1, 0.15) is 5.82 Å². The Bertz CT molecular complexity index is 363. The van der Waals surface area contributed by atoms with Gasteiger partial charge in [0.25, 0.3) is 0 Å². The van der Waals surface area contributed by atoms with Crippen molar-refractivity contribution in [2.24, 2.45) is 0 Å². The molecule has 1 rings (SSSR count). The van der Waals surface area contributed by atoms with E-state index in [2.05, 4.69) is 20.1 Å². The Kier molecular flexibility index (Phi) is 4.29. The van der Waals surface area contributed by atoms with Crippen LogP contribution in [-0.2, 0) is 0 Å². The van der Waals surface area contributed by atoms with Crippen molar-refractivity contribution in [1.82, 2.24) is 0 Å². The minimum atomic E-state index is -0.222. The molecule has 0 saturated carbocycles. The first-order valence-electron chi connectivity index (χ1n) is 5.28. The lowest BCUT2D eigenvalue weighted by atomic mass is 9.96. The minimum Gasteiger partial charge on any atom is -0.206 e. The summed E-state index contributed by atoms with van der Waals surface area (Å²) >= 11 is 0. The summed E-state index contributed by atoms with van der Waals surface area (Å²) in [5.74, 6) is -0.222. The molecule has 0 heterocycles. The van der Waals surface area contributed by atoms with Crippen LogP contribution in [0.3, 0.4) is 0 Å². The van der Waals surface area contributed by atoms with E-state index in [0.29, 0.717) is 5.56 Å². The molecule has 15 heavy (non-hydrogen) atoms. The summed E-state index contributed by atoms with van der Waals surface area (Å²) < 4.78 is 13.4. The minimum absolute atomic E-state index is 0.222. The van der Waals surface area contributed by atoms with Gasteiger partial charge < -0.3 is 0 Å². The number of halogens is 1. The van der Waals surface area contributed by atoms with Gasteiger partial charge in [-0.3, -0.25) is 0 Å². The third kappa shape index (κ3) is 3.05. The number of benzene rings is 1. The first-order valence-corrected chi connectivity index (χ1v) is 5.28. The van der Waals surface area contributed by atoms with Gasteiger partial charge in [-0.25, -0.2) is 4.39 Å². The molecule has 0 amide bonds. The number of hydrogen-bond acceptors (Lipinski definition) is 0. The molecule has 0 aliphatic heterocycles. The lowest BCUT2D eigenvalue weighted by Gasteiger charge is -2.09. The molecule has 0 atom stereocenters. The van der Waals surface area contributed by atoms with E-state index in [1.165, 1.54) is 6.07 Å². The summed E-state index contributed by atoms with van der Waals surface area (Å²) in [7, 11) is 0. The standard InChI is InChI=1S/C14H17F/c1-4-5-8-11(2)12(3)13-9-6-7-10-14(13)15/h6-7,9-10H,2-5,8H2,1H3. The van der Waals surface area contributed by atoms with Gasteiger partial charge in [-0.1, -0.05) is 44.7 Å². The molecule has 0 saturated heterocycles. The molecule has 0 radical (unpaired) electrons. The predicted molar refractivity (Wildman–Crippen MR) is 64.1 cm³/mol. The summed E-state index contributed by atoms with van der Waals surface area (Å²) in [6, 6.07) is 6.69. The van der Waals surface area contributed by atoms with Crippen LogP contribution in [-0.4, -0.2) is 0 Å². The van der Waals surface area contributed by atoms with E-state index in [1.54, 1.807) is 12.1 Å². The molecule has 0 aliphatic carbocycles. The largest absolute Gasteiger partial charge is 0.206 e. The van der Waals surface area contributed by atoms with Gasteiger partial charge >= 0.3 is 0 Å². The van der Waals surface area contributed by atoms with E-state index in [9.17, 15) is 4.39 Å². The zero-order valence-corrected chi connectivity index (χ0v) is 9.22. The number of unbranched alkanes of at least 4 members (excludes halogenated alkanes) is 1. The summed E-state index contributed by atoms with van der Waals surface area (Å²) in [5.41, 5.74) is 2.22. The Morgan fingerprint density at radius 2 is 1.93 bits per heavy atom. The van der Waals surface area contributed by atoms with Gasteiger partial charge in [-0.15, -0.1) is 0 Å². The van der Waals surface area contributed by atoms with E-state index >= 15 is 0 Å². The van der Waals surface area contributed by atoms with Crippen LogP contribution in [0.25, 0.3) is 5.57 Å². The lowest BCUT2D eigenvalue weighted by molar-refractivity contribution is 0.624. The molecule has 0 spiro atoms. The average Bonchev–Trinajstić information content (AvgIpc) is 2.25. The van der Waals surface area contributed by atoms with E-state index in [1.807, 2.05) is 6.07 Å². The molecule has 1 aromatic carbocycles. The molecule has 0 fully saturated rings. The molecule has 0 N–H and O–H groups in total. The average molecular weight is 204 g/mol. The van der Waals surface area contributed by atoms with Crippen LogP contribution >= 0.6 is 0 Å². The molecule has 1 aromatic rings. The maximum Gasteiger partial charge on any atom is 0.131 e. The SMILES string of the molecule is C=C(CCCC)C(=C)c1ccccc1F. The van der Waals surface area contributed by atoms with Crippen LogP contribution in [0, 0.1) is 5.82 Å². The van der Waals surface area contributed by atoms with Crippen molar-refractivity contribution >= 4 is 5.57 Å².